The number of carbonyl (C=O) groups is 1. The molecule has 0 saturated carbocycles. The van der Waals surface area contributed by atoms with E-state index in [4.69, 9.17) is 4.42 Å². The van der Waals surface area contributed by atoms with E-state index in [9.17, 15) is 4.79 Å². The highest BCUT2D eigenvalue weighted by atomic mass is 16.3. The SMILES string of the molecule is CC(C)CN(Cc1ccco1)C(=O)c1cn(C[C@H]2CCCNC2)nn1. The van der Waals surface area contributed by atoms with Crippen molar-refractivity contribution in [2.45, 2.75) is 39.8 Å². The van der Waals surface area contributed by atoms with Gasteiger partial charge in [0.05, 0.1) is 19.0 Å². The van der Waals surface area contributed by atoms with Crippen molar-refractivity contribution in [3.05, 3.63) is 36.0 Å². The number of hydrogen-bond donors (Lipinski definition) is 1. The van der Waals surface area contributed by atoms with Gasteiger partial charge >= 0.3 is 0 Å². The van der Waals surface area contributed by atoms with Gasteiger partial charge in [0.15, 0.2) is 5.69 Å². The highest BCUT2D eigenvalue weighted by Crippen LogP contribution is 2.14. The molecular formula is C18H27N5O2. The Labute approximate surface area is 148 Å². The first-order valence-electron chi connectivity index (χ1n) is 9.04. The van der Waals surface area contributed by atoms with Crippen LogP contribution in [-0.4, -0.2) is 45.4 Å². The number of furan rings is 1. The molecule has 1 aliphatic rings. The predicted octanol–water partition coefficient (Wildman–Crippen LogP) is 2.17. The molecule has 3 rings (SSSR count). The highest BCUT2D eigenvalue weighted by molar-refractivity contribution is 5.91. The van der Waals surface area contributed by atoms with Crippen molar-refractivity contribution in [1.29, 1.82) is 0 Å². The lowest BCUT2D eigenvalue weighted by Gasteiger charge is -2.23. The first-order valence-corrected chi connectivity index (χ1v) is 9.04. The van der Waals surface area contributed by atoms with Crippen LogP contribution in [0.3, 0.4) is 0 Å². The first-order chi connectivity index (χ1) is 12.1. The van der Waals surface area contributed by atoms with Gasteiger partial charge in [-0.1, -0.05) is 19.1 Å². The lowest BCUT2D eigenvalue weighted by Crippen LogP contribution is -2.34. The van der Waals surface area contributed by atoms with Crippen LogP contribution in [0.5, 0.6) is 0 Å². The third-order valence-corrected chi connectivity index (χ3v) is 4.40. The van der Waals surface area contributed by atoms with E-state index in [1.807, 2.05) is 12.1 Å². The maximum Gasteiger partial charge on any atom is 0.276 e. The fraction of sp³-hybridized carbons (Fsp3) is 0.611. The minimum absolute atomic E-state index is 0.0990. The normalized spacial score (nSPS) is 17.8. The molecule has 1 atom stereocenters. The van der Waals surface area contributed by atoms with Crippen molar-refractivity contribution in [3.63, 3.8) is 0 Å². The average Bonchev–Trinajstić information content (AvgIpc) is 3.26. The quantitative estimate of drug-likeness (QED) is 0.832. The van der Waals surface area contributed by atoms with Crippen LogP contribution in [0, 0.1) is 11.8 Å². The Morgan fingerprint density at radius 2 is 2.40 bits per heavy atom. The van der Waals surface area contributed by atoms with Gasteiger partial charge in [-0.05, 0) is 49.9 Å². The molecule has 2 aromatic heterocycles. The fourth-order valence-electron chi connectivity index (χ4n) is 3.24. The number of rotatable bonds is 7. The van der Waals surface area contributed by atoms with Gasteiger partial charge in [-0.25, -0.2) is 0 Å². The molecule has 0 aromatic carbocycles. The van der Waals surface area contributed by atoms with Gasteiger partial charge < -0.3 is 14.6 Å². The van der Waals surface area contributed by atoms with Gasteiger partial charge in [-0.3, -0.25) is 9.48 Å². The number of aromatic nitrogens is 3. The number of nitrogens with zero attached hydrogens (tertiary/aromatic N) is 4. The molecule has 1 amide bonds. The van der Waals surface area contributed by atoms with Crippen molar-refractivity contribution < 1.29 is 9.21 Å². The van der Waals surface area contributed by atoms with E-state index in [0.29, 0.717) is 30.6 Å². The molecule has 0 spiro atoms. The van der Waals surface area contributed by atoms with Crippen LogP contribution in [0.25, 0.3) is 0 Å². The lowest BCUT2D eigenvalue weighted by molar-refractivity contribution is 0.0704. The molecule has 0 unspecified atom stereocenters. The summed E-state index contributed by atoms with van der Waals surface area (Å²) >= 11 is 0. The summed E-state index contributed by atoms with van der Waals surface area (Å²) < 4.78 is 7.19. The summed E-state index contributed by atoms with van der Waals surface area (Å²) in [5, 5.41) is 11.7. The standard InChI is InChI=1S/C18H27N5O2/c1-14(2)10-22(12-16-6-4-8-25-16)18(24)17-13-23(21-20-17)11-15-5-3-7-19-9-15/h4,6,8,13-15,19H,3,5,7,9-12H2,1-2H3/t15-/m0/s1. The smallest absolute Gasteiger partial charge is 0.276 e. The zero-order valence-electron chi connectivity index (χ0n) is 15.0. The molecule has 1 saturated heterocycles. The third kappa shape index (κ3) is 4.92. The summed E-state index contributed by atoms with van der Waals surface area (Å²) in [5.74, 6) is 1.59. The van der Waals surface area contributed by atoms with Crippen LogP contribution in [0.15, 0.2) is 29.0 Å². The molecule has 1 N–H and O–H groups in total. The topological polar surface area (TPSA) is 76.2 Å². The van der Waals surface area contributed by atoms with Gasteiger partial charge in [0.2, 0.25) is 0 Å². The van der Waals surface area contributed by atoms with Crippen molar-refractivity contribution in [1.82, 2.24) is 25.2 Å². The Hall–Kier alpha value is -2.15. The molecule has 7 heteroatoms. The minimum atomic E-state index is -0.0990. The molecular weight excluding hydrogens is 318 g/mol. The van der Waals surface area contributed by atoms with E-state index in [0.717, 1.165) is 25.4 Å². The predicted molar refractivity (Wildman–Crippen MR) is 93.9 cm³/mol. The van der Waals surface area contributed by atoms with Gasteiger partial charge in [-0.15, -0.1) is 5.10 Å². The first kappa shape index (κ1) is 17.7. The summed E-state index contributed by atoms with van der Waals surface area (Å²) in [6.07, 6.45) is 5.78. The second kappa shape index (κ2) is 8.29. The fourth-order valence-corrected chi connectivity index (χ4v) is 3.24. The second-order valence-electron chi connectivity index (χ2n) is 7.20. The maximum atomic E-state index is 12.9. The average molecular weight is 345 g/mol. The molecule has 7 nitrogen and oxygen atoms in total. The summed E-state index contributed by atoms with van der Waals surface area (Å²) in [5.41, 5.74) is 0.399. The van der Waals surface area contributed by atoms with Crippen molar-refractivity contribution in [2.24, 2.45) is 11.8 Å². The van der Waals surface area contributed by atoms with Crippen LogP contribution >= 0.6 is 0 Å². The van der Waals surface area contributed by atoms with Gasteiger partial charge in [-0.2, -0.15) is 0 Å². The van der Waals surface area contributed by atoms with Crippen molar-refractivity contribution >= 4 is 5.91 Å². The minimum Gasteiger partial charge on any atom is -0.467 e. The van der Waals surface area contributed by atoms with Crippen LogP contribution < -0.4 is 5.32 Å². The molecule has 2 aromatic rings. The van der Waals surface area contributed by atoms with E-state index in [1.54, 1.807) is 22.0 Å². The largest absolute Gasteiger partial charge is 0.467 e. The summed E-state index contributed by atoms with van der Waals surface area (Å²) in [6, 6.07) is 3.72. The maximum absolute atomic E-state index is 12.9. The number of nitrogens with one attached hydrogen (secondary N) is 1. The van der Waals surface area contributed by atoms with E-state index in [-0.39, 0.29) is 5.91 Å². The van der Waals surface area contributed by atoms with Crippen molar-refractivity contribution in [2.75, 3.05) is 19.6 Å². The summed E-state index contributed by atoms with van der Waals surface area (Å²) in [4.78, 5) is 14.6. The van der Waals surface area contributed by atoms with Gasteiger partial charge in [0.1, 0.15) is 5.76 Å². The molecule has 3 heterocycles. The zero-order valence-corrected chi connectivity index (χ0v) is 15.0. The number of amides is 1. The monoisotopic (exact) mass is 345 g/mol. The molecule has 1 aliphatic heterocycles. The summed E-state index contributed by atoms with van der Waals surface area (Å²) in [6.45, 7) is 8.18. The van der Waals surface area contributed by atoms with Crippen molar-refractivity contribution in [3.8, 4) is 0 Å². The molecule has 0 radical (unpaired) electrons. The van der Waals surface area contributed by atoms with E-state index < -0.39 is 0 Å². The number of hydrogen-bond acceptors (Lipinski definition) is 5. The zero-order chi connectivity index (χ0) is 17.6. The van der Waals surface area contributed by atoms with Gasteiger partial charge in [0, 0.05) is 13.1 Å². The van der Waals surface area contributed by atoms with Crippen LogP contribution in [-0.2, 0) is 13.1 Å². The molecule has 1 fully saturated rings. The van der Waals surface area contributed by atoms with E-state index in [2.05, 4.69) is 29.5 Å². The molecule has 136 valence electrons. The lowest BCUT2D eigenvalue weighted by atomic mass is 10.00. The van der Waals surface area contributed by atoms with Crippen LogP contribution in [0.4, 0.5) is 0 Å². The Kier molecular flexibility index (Phi) is 5.86. The Balaban J connectivity index is 1.66. The number of piperidine rings is 1. The number of carbonyl (C=O) groups excluding carboxylic acids is 1. The third-order valence-electron chi connectivity index (χ3n) is 4.40. The van der Waals surface area contributed by atoms with Crippen LogP contribution in [0.1, 0.15) is 42.9 Å². The Morgan fingerprint density at radius 3 is 3.08 bits per heavy atom. The molecule has 25 heavy (non-hydrogen) atoms. The molecule has 0 bridgehead atoms. The van der Waals surface area contributed by atoms with E-state index in [1.165, 1.54) is 12.8 Å². The summed E-state index contributed by atoms with van der Waals surface area (Å²) in [7, 11) is 0. The Morgan fingerprint density at radius 1 is 1.52 bits per heavy atom. The highest BCUT2D eigenvalue weighted by Gasteiger charge is 2.22. The van der Waals surface area contributed by atoms with Crippen LogP contribution in [0.2, 0.25) is 0 Å². The Bertz CT molecular complexity index is 659. The van der Waals surface area contributed by atoms with Gasteiger partial charge in [0.25, 0.3) is 5.91 Å². The second-order valence-corrected chi connectivity index (χ2v) is 7.20. The molecule has 0 aliphatic carbocycles. The van der Waals surface area contributed by atoms with E-state index >= 15 is 0 Å².